The number of fused-ring (bicyclic) bond motifs is 1. The molecule has 3 aromatic rings. The van der Waals surface area contributed by atoms with Crippen LogP contribution in [0.5, 0.6) is 0 Å². The lowest BCUT2D eigenvalue weighted by atomic mass is 9.87. The topological polar surface area (TPSA) is 63.9 Å². The number of hydrogen-bond acceptors (Lipinski definition) is 5. The number of hydrogen-bond donors (Lipinski definition) is 0. The van der Waals surface area contributed by atoms with Gasteiger partial charge in [-0.05, 0) is 17.5 Å². The molecule has 4 rings (SSSR count). The number of alkyl halides is 2. The van der Waals surface area contributed by atoms with E-state index >= 15 is 4.39 Å². The van der Waals surface area contributed by atoms with Crippen LogP contribution in [0.15, 0.2) is 36.7 Å². The van der Waals surface area contributed by atoms with Crippen molar-refractivity contribution in [2.45, 2.75) is 24.9 Å². The molecule has 8 heteroatoms. The van der Waals surface area contributed by atoms with E-state index in [2.05, 4.69) is 15.3 Å². The molecule has 1 aromatic carbocycles. The van der Waals surface area contributed by atoms with Gasteiger partial charge in [0, 0.05) is 62.4 Å². The summed E-state index contributed by atoms with van der Waals surface area (Å²) in [5, 5.41) is 9.92. The number of rotatable bonds is 6. The van der Waals surface area contributed by atoms with Crippen LogP contribution in [0.2, 0.25) is 0 Å². The zero-order valence-electron chi connectivity index (χ0n) is 16.3. The summed E-state index contributed by atoms with van der Waals surface area (Å²) in [5.74, 6) is -0.450. The summed E-state index contributed by atoms with van der Waals surface area (Å²) in [7, 11) is 1.81. The van der Waals surface area contributed by atoms with Gasteiger partial charge in [-0.3, -0.25) is 14.5 Å². The molecule has 0 atom stereocenters. The molecule has 1 aliphatic rings. The first-order valence-corrected chi connectivity index (χ1v) is 9.73. The van der Waals surface area contributed by atoms with E-state index in [9.17, 15) is 9.18 Å². The molecular weight excluding hydrogens is 376 g/mol. The molecule has 0 saturated carbocycles. The molecular formula is C21H23F2N5O. The standard InChI is InChI=1S/C21H23F2N5O/c1-27-14-19(25-26-27)15-2-3-16-13-24-18(11-17(16)10-15)12-20(29)21(23)4-7-28(8-5-21)9-6-22/h2-3,10-11,13-14H,4-9,12H2,1H3. The first kappa shape index (κ1) is 19.6. The summed E-state index contributed by atoms with van der Waals surface area (Å²) >= 11 is 0. The average molecular weight is 399 g/mol. The second-order valence-corrected chi connectivity index (χ2v) is 7.61. The first-order chi connectivity index (χ1) is 14.0. The van der Waals surface area contributed by atoms with Crippen LogP contribution in [0.1, 0.15) is 18.5 Å². The number of carbonyl (C=O) groups excluding carboxylic acids is 1. The fourth-order valence-corrected chi connectivity index (χ4v) is 3.77. The molecule has 6 nitrogen and oxygen atoms in total. The van der Waals surface area contributed by atoms with Gasteiger partial charge in [0.15, 0.2) is 11.5 Å². The summed E-state index contributed by atoms with van der Waals surface area (Å²) in [5.41, 5.74) is 0.357. The van der Waals surface area contributed by atoms with E-state index in [1.165, 1.54) is 0 Å². The predicted octanol–water partition coefficient (Wildman–Crippen LogP) is 2.92. The lowest BCUT2D eigenvalue weighted by Crippen LogP contribution is -2.47. The second-order valence-electron chi connectivity index (χ2n) is 7.61. The number of halogens is 2. The molecule has 152 valence electrons. The summed E-state index contributed by atoms with van der Waals surface area (Å²) < 4.78 is 29.2. The van der Waals surface area contributed by atoms with Gasteiger partial charge < -0.3 is 4.90 Å². The number of aryl methyl sites for hydroxylation is 1. The Morgan fingerprint density at radius 3 is 2.69 bits per heavy atom. The zero-order chi connectivity index (χ0) is 20.4. The second kappa shape index (κ2) is 7.94. The lowest BCUT2D eigenvalue weighted by Gasteiger charge is -2.34. The predicted molar refractivity (Wildman–Crippen MR) is 106 cm³/mol. The van der Waals surface area contributed by atoms with Crippen molar-refractivity contribution in [3.05, 3.63) is 42.4 Å². The van der Waals surface area contributed by atoms with Crippen LogP contribution in [0, 0.1) is 0 Å². The number of ketones is 1. The highest BCUT2D eigenvalue weighted by molar-refractivity contribution is 5.91. The van der Waals surface area contributed by atoms with Crippen LogP contribution < -0.4 is 0 Å². The number of pyridine rings is 1. The fraction of sp³-hybridized carbons (Fsp3) is 0.429. The van der Waals surface area contributed by atoms with E-state index < -0.39 is 18.1 Å². The fourth-order valence-electron chi connectivity index (χ4n) is 3.77. The van der Waals surface area contributed by atoms with Crippen LogP contribution in [0.25, 0.3) is 22.0 Å². The molecule has 0 N–H and O–H groups in total. The number of piperidine rings is 1. The third-order valence-electron chi connectivity index (χ3n) is 5.57. The number of carbonyl (C=O) groups is 1. The summed E-state index contributed by atoms with van der Waals surface area (Å²) in [6.07, 6.45) is 3.69. The molecule has 1 saturated heterocycles. The van der Waals surface area contributed by atoms with Crippen molar-refractivity contribution in [3.8, 4) is 11.3 Å². The Labute approximate surface area is 167 Å². The Kier molecular flexibility index (Phi) is 5.36. The van der Waals surface area contributed by atoms with Crippen molar-refractivity contribution in [3.63, 3.8) is 0 Å². The molecule has 0 amide bonds. The largest absolute Gasteiger partial charge is 0.300 e. The van der Waals surface area contributed by atoms with E-state index in [0.717, 1.165) is 22.0 Å². The third kappa shape index (κ3) is 4.17. The van der Waals surface area contributed by atoms with Crippen molar-refractivity contribution < 1.29 is 13.6 Å². The van der Waals surface area contributed by atoms with Gasteiger partial charge in [0.1, 0.15) is 12.4 Å². The highest BCUT2D eigenvalue weighted by Gasteiger charge is 2.41. The minimum absolute atomic E-state index is 0.0507. The number of Topliss-reactive ketones (excluding diaryl/α,β-unsaturated/α-hetero) is 1. The molecule has 1 aliphatic heterocycles. The molecule has 0 spiro atoms. The van der Waals surface area contributed by atoms with Gasteiger partial charge >= 0.3 is 0 Å². The zero-order valence-corrected chi connectivity index (χ0v) is 16.3. The average Bonchev–Trinajstić information content (AvgIpc) is 3.16. The van der Waals surface area contributed by atoms with Crippen LogP contribution in [-0.4, -0.2) is 62.6 Å². The van der Waals surface area contributed by atoms with Gasteiger partial charge in [-0.25, -0.2) is 8.78 Å². The molecule has 2 aromatic heterocycles. The molecule has 29 heavy (non-hydrogen) atoms. The first-order valence-electron chi connectivity index (χ1n) is 9.73. The van der Waals surface area contributed by atoms with Crippen LogP contribution in [0.4, 0.5) is 8.78 Å². The highest BCUT2D eigenvalue weighted by atomic mass is 19.1. The lowest BCUT2D eigenvalue weighted by molar-refractivity contribution is -0.133. The molecule has 0 unspecified atom stereocenters. The summed E-state index contributed by atoms with van der Waals surface area (Å²) in [6, 6.07) is 7.68. The van der Waals surface area contributed by atoms with Crippen molar-refractivity contribution in [2.75, 3.05) is 26.3 Å². The van der Waals surface area contributed by atoms with Crippen LogP contribution in [0.3, 0.4) is 0 Å². The van der Waals surface area contributed by atoms with E-state index in [4.69, 9.17) is 0 Å². The maximum absolute atomic E-state index is 15.2. The maximum atomic E-state index is 15.2. The van der Waals surface area contributed by atoms with E-state index in [-0.39, 0.29) is 19.3 Å². The van der Waals surface area contributed by atoms with Gasteiger partial charge in [-0.1, -0.05) is 17.3 Å². The maximum Gasteiger partial charge on any atom is 0.175 e. The van der Waals surface area contributed by atoms with Crippen LogP contribution in [-0.2, 0) is 18.3 Å². The summed E-state index contributed by atoms with van der Waals surface area (Å²) in [4.78, 5) is 18.9. The number of benzene rings is 1. The van der Waals surface area contributed by atoms with Gasteiger partial charge in [-0.2, -0.15) is 0 Å². The SMILES string of the molecule is Cn1cc(-c2ccc3cnc(CC(=O)C4(F)CCN(CCF)CC4)cc3c2)nn1. The Bertz CT molecular complexity index is 1030. The van der Waals surface area contributed by atoms with Crippen molar-refractivity contribution in [1.29, 1.82) is 0 Å². The van der Waals surface area contributed by atoms with Crippen molar-refractivity contribution in [1.82, 2.24) is 24.9 Å². The normalized spacial score (nSPS) is 16.9. The Hall–Kier alpha value is -2.74. The number of likely N-dealkylation sites (tertiary alicyclic amines) is 1. The molecule has 3 heterocycles. The van der Waals surface area contributed by atoms with Gasteiger partial charge in [0.05, 0.1) is 12.6 Å². The minimum Gasteiger partial charge on any atom is -0.300 e. The molecule has 0 aliphatic carbocycles. The monoisotopic (exact) mass is 399 g/mol. The Balaban J connectivity index is 1.51. The van der Waals surface area contributed by atoms with Gasteiger partial charge in [0.25, 0.3) is 0 Å². The minimum atomic E-state index is -1.86. The third-order valence-corrected chi connectivity index (χ3v) is 5.57. The smallest absolute Gasteiger partial charge is 0.175 e. The van der Waals surface area contributed by atoms with E-state index in [1.54, 1.807) is 17.9 Å². The van der Waals surface area contributed by atoms with Gasteiger partial charge in [0.2, 0.25) is 0 Å². The number of nitrogens with zero attached hydrogens (tertiary/aromatic N) is 5. The van der Waals surface area contributed by atoms with Crippen molar-refractivity contribution in [2.24, 2.45) is 7.05 Å². The highest BCUT2D eigenvalue weighted by Crippen LogP contribution is 2.29. The molecule has 0 radical (unpaired) electrons. The summed E-state index contributed by atoms with van der Waals surface area (Å²) in [6.45, 7) is 0.646. The van der Waals surface area contributed by atoms with Crippen LogP contribution >= 0.6 is 0 Å². The Morgan fingerprint density at radius 2 is 2.00 bits per heavy atom. The quantitative estimate of drug-likeness (QED) is 0.638. The van der Waals surface area contributed by atoms with Crippen molar-refractivity contribution >= 4 is 16.6 Å². The Morgan fingerprint density at radius 1 is 1.21 bits per heavy atom. The van der Waals surface area contributed by atoms with E-state index in [1.807, 2.05) is 35.4 Å². The number of aromatic nitrogens is 4. The van der Waals surface area contributed by atoms with Gasteiger partial charge in [-0.15, -0.1) is 5.10 Å². The molecule has 1 fully saturated rings. The van der Waals surface area contributed by atoms with E-state index in [0.29, 0.717) is 25.3 Å². The molecule has 0 bridgehead atoms.